The molecule has 0 heterocycles. The Labute approximate surface area is 202 Å². The summed E-state index contributed by atoms with van der Waals surface area (Å²) in [5.74, 6) is 1.77. The molecular formula is C32H30O2. The monoisotopic (exact) mass is 446 g/mol. The Morgan fingerprint density at radius 2 is 0.824 bits per heavy atom. The summed E-state index contributed by atoms with van der Waals surface area (Å²) < 4.78 is 11.8. The first-order valence-corrected chi connectivity index (χ1v) is 12.0. The van der Waals surface area contributed by atoms with Gasteiger partial charge in [0.1, 0.15) is 11.5 Å². The second kappa shape index (κ2) is 9.23. The quantitative estimate of drug-likeness (QED) is 0.261. The van der Waals surface area contributed by atoms with Crippen molar-refractivity contribution in [3.63, 3.8) is 0 Å². The van der Waals surface area contributed by atoms with Crippen molar-refractivity contribution in [3.05, 3.63) is 119 Å². The number of rotatable bonds is 6. The van der Waals surface area contributed by atoms with Gasteiger partial charge in [0.2, 0.25) is 0 Å². The van der Waals surface area contributed by atoms with Crippen LogP contribution in [0.2, 0.25) is 0 Å². The molecule has 34 heavy (non-hydrogen) atoms. The highest BCUT2D eigenvalue weighted by Gasteiger charge is 2.26. The summed E-state index contributed by atoms with van der Waals surface area (Å²) in [6, 6.07) is 34.3. The summed E-state index contributed by atoms with van der Waals surface area (Å²) in [5.41, 5.74) is 9.90. The highest BCUT2D eigenvalue weighted by atomic mass is 16.5. The van der Waals surface area contributed by atoms with Gasteiger partial charge < -0.3 is 9.47 Å². The van der Waals surface area contributed by atoms with Gasteiger partial charge in [0.05, 0.1) is 12.2 Å². The molecular weight excluding hydrogens is 416 g/mol. The summed E-state index contributed by atoms with van der Waals surface area (Å²) in [4.78, 5) is 0. The van der Waals surface area contributed by atoms with Crippen LogP contribution in [0, 0.1) is 0 Å². The van der Waals surface area contributed by atoms with Crippen molar-refractivity contribution in [2.24, 2.45) is 0 Å². The van der Waals surface area contributed by atoms with Crippen molar-refractivity contribution >= 4 is 11.1 Å². The van der Waals surface area contributed by atoms with Gasteiger partial charge in [-0.1, -0.05) is 72.8 Å². The fourth-order valence-corrected chi connectivity index (χ4v) is 4.69. The summed E-state index contributed by atoms with van der Waals surface area (Å²) in [6.07, 6.45) is 0.288. The van der Waals surface area contributed by atoms with Gasteiger partial charge in [0.25, 0.3) is 0 Å². The Bertz CT molecular complexity index is 1220. The van der Waals surface area contributed by atoms with E-state index in [9.17, 15) is 0 Å². The molecule has 0 aromatic heterocycles. The second-order valence-corrected chi connectivity index (χ2v) is 9.22. The highest BCUT2D eigenvalue weighted by molar-refractivity contribution is 6.13. The van der Waals surface area contributed by atoms with Crippen LogP contribution in [-0.2, 0) is 0 Å². The predicted octanol–water partition coefficient (Wildman–Crippen LogP) is 8.25. The lowest BCUT2D eigenvalue weighted by Crippen LogP contribution is -2.05. The molecule has 0 aliphatic heterocycles. The first-order valence-electron chi connectivity index (χ1n) is 12.0. The molecule has 4 aromatic carbocycles. The van der Waals surface area contributed by atoms with Crippen LogP contribution in [0.1, 0.15) is 49.9 Å². The van der Waals surface area contributed by atoms with Gasteiger partial charge in [-0.15, -0.1) is 0 Å². The number of hydrogen-bond acceptors (Lipinski definition) is 2. The van der Waals surface area contributed by atoms with Crippen LogP contribution < -0.4 is 9.47 Å². The maximum absolute atomic E-state index is 5.91. The fraction of sp³-hybridized carbons (Fsp3) is 0.188. The van der Waals surface area contributed by atoms with E-state index in [1.54, 1.807) is 0 Å². The Morgan fingerprint density at radius 1 is 0.471 bits per heavy atom. The Balaban J connectivity index is 1.73. The van der Waals surface area contributed by atoms with Crippen LogP contribution in [0.4, 0.5) is 0 Å². The zero-order valence-electron chi connectivity index (χ0n) is 20.2. The molecule has 0 bridgehead atoms. The van der Waals surface area contributed by atoms with Gasteiger partial charge in [-0.25, -0.2) is 0 Å². The summed E-state index contributed by atoms with van der Waals surface area (Å²) in [7, 11) is 0. The normalized spacial score (nSPS) is 12.0. The van der Waals surface area contributed by atoms with Crippen molar-refractivity contribution in [2.75, 3.05) is 0 Å². The average Bonchev–Trinajstić information content (AvgIpc) is 3.15. The van der Waals surface area contributed by atoms with Crippen LogP contribution in [0.3, 0.4) is 0 Å². The lowest BCUT2D eigenvalue weighted by Gasteiger charge is -2.17. The minimum Gasteiger partial charge on any atom is -0.491 e. The first kappa shape index (κ1) is 22.0. The largest absolute Gasteiger partial charge is 0.491 e. The summed E-state index contributed by atoms with van der Waals surface area (Å²) in [6.45, 7) is 8.20. The molecule has 170 valence electrons. The van der Waals surface area contributed by atoms with E-state index in [0.717, 1.165) is 22.6 Å². The molecule has 0 saturated carbocycles. The predicted molar refractivity (Wildman–Crippen MR) is 141 cm³/mol. The molecule has 4 aromatic rings. The number of fused-ring (bicyclic) bond motifs is 3. The van der Waals surface area contributed by atoms with E-state index >= 15 is 0 Å². The Morgan fingerprint density at radius 3 is 1.18 bits per heavy atom. The summed E-state index contributed by atoms with van der Waals surface area (Å²) in [5, 5.41) is 0. The maximum Gasteiger partial charge on any atom is 0.119 e. The van der Waals surface area contributed by atoms with Crippen molar-refractivity contribution < 1.29 is 9.47 Å². The third-order valence-electron chi connectivity index (χ3n) is 5.96. The van der Waals surface area contributed by atoms with Gasteiger partial charge >= 0.3 is 0 Å². The minimum atomic E-state index is 0.144. The van der Waals surface area contributed by atoms with Crippen LogP contribution in [0.25, 0.3) is 22.3 Å². The highest BCUT2D eigenvalue weighted by Crippen LogP contribution is 2.48. The van der Waals surface area contributed by atoms with Gasteiger partial charge in [-0.05, 0) is 96.5 Å². The van der Waals surface area contributed by atoms with Crippen molar-refractivity contribution in [2.45, 2.75) is 39.9 Å². The Hall–Kier alpha value is -3.78. The average molecular weight is 447 g/mol. The SMILES string of the molecule is CC(C)Oc1ccc(C(=C2c3ccccc3-c3ccccc32)c2ccc(OC(C)C)cc2)cc1. The lowest BCUT2D eigenvalue weighted by atomic mass is 9.88. The fourth-order valence-electron chi connectivity index (χ4n) is 4.69. The molecule has 1 aliphatic rings. The van der Waals surface area contributed by atoms with Gasteiger partial charge in [0.15, 0.2) is 0 Å². The third kappa shape index (κ3) is 4.24. The topological polar surface area (TPSA) is 18.5 Å². The number of ether oxygens (including phenoxy) is 2. The molecule has 0 amide bonds. The lowest BCUT2D eigenvalue weighted by molar-refractivity contribution is 0.242. The molecule has 0 fully saturated rings. The van der Waals surface area contributed by atoms with Crippen molar-refractivity contribution in [1.29, 1.82) is 0 Å². The third-order valence-corrected chi connectivity index (χ3v) is 5.96. The van der Waals surface area contributed by atoms with Crippen molar-refractivity contribution in [3.8, 4) is 22.6 Å². The zero-order valence-corrected chi connectivity index (χ0v) is 20.2. The molecule has 2 nitrogen and oxygen atoms in total. The molecule has 0 radical (unpaired) electrons. The number of benzene rings is 4. The molecule has 0 saturated heterocycles. The van der Waals surface area contributed by atoms with E-state index in [1.807, 2.05) is 0 Å². The van der Waals surface area contributed by atoms with Crippen LogP contribution in [-0.4, -0.2) is 12.2 Å². The van der Waals surface area contributed by atoms with Crippen LogP contribution in [0.5, 0.6) is 11.5 Å². The second-order valence-electron chi connectivity index (χ2n) is 9.22. The van der Waals surface area contributed by atoms with Gasteiger partial charge in [-0.3, -0.25) is 0 Å². The van der Waals surface area contributed by atoms with Crippen molar-refractivity contribution in [1.82, 2.24) is 0 Å². The Kier molecular flexibility index (Phi) is 5.98. The van der Waals surface area contributed by atoms with Crippen LogP contribution >= 0.6 is 0 Å². The number of hydrogen-bond donors (Lipinski definition) is 0. The molecule has 0 unspecified atom stereocenters. The van der Waals surface area contributed by atoms with E-state index in [1.165, 1.54) is 33.4 Å². The molecule has 5 rings (SSSR count). The van der Waals surface area contributed by atoms with E-state index in [4.69, 9.17) is 9.47 Å². The van der Waals surface area contributed by atoms with E-state index < -0.39 is 0 Å². The van der Waals surface area contributed by atoms with E-state index in [2.05, 4.69) is 125 Å². The molecule has 1 aliphatic carbocycles. The smallest absolute Gasteiger partial charge is 0.119 e. The van der Waals surface area contributed by atoms with Crippen LogP contribution in [0.15, 0.2) is 97.1 Å². The van der Waals surface area contributed by atoms with Gasteiger partial charge in [0, 0.05) is 0 Å². The minimum absolute atomic E-state index is 0.144. The molecule has 0 N–H and O–H groups in total. The maximum atomic E-state index is 5.91. The van der Waals surface area contributed by atoms with Gasteiger partial charge in [-0.2, -0.15) is 0 Å². The summed E-state index contributed by atoms with van der Waals surface area (Å²) >= 11 is 0. The molecule has 0 atom stereocenters. The molecule has 2 heteroatoms. The standard InChI is InChI=1S/C32H30O2/c1-21(2)33-25-17-13-23(14-18-25)31(24-15-19-26(20-16-24)34-22(3)4)32-29-11-7-5-9-27(29)28-10-6-8-12-30(28)32/h5-22H,1-4H3. The van der Waals surface area contributed by atoms with E-state index in [0.29, 0.717) is 0 Å². The zero-order chi connectivity index (χ0) is 23.7. The van der Waals surface area contributed by atoms with E-state index in [-0.39, 0.29) is 12.2 Å². The molecule has 0 spiro atoms. The first-order chi connectivity index (χ1) is 16.5.